The Morgan fingerprint density at radius 3 is 2.52 bits per heavy atom. The van der Waals surface area contributed by atoms with E-state index in [-0.39, 0.29) is 0 Å². The van der Waals surface area contributed by atoms with Gasteiger partial charge in [-0.1, -0.05) is 12.1 Å². The van der Waals surface area contributed by atoms with Crippen LogP contribution in [0.4, 0.5) is 5.95 Å². The van der Waals surface area contributed by atoms with Gasteiger partial charge >= 0.3 is 0 Å². The Bertz CT molecular complexity index is 535. The number of hydrogen-bond donors (Lipinski definition) is 0. The molecule has 2 aromatic rings. The topological polar surface area (TPSA) is 41.5 Å². The first kappa shape index (κ1) is 14.3. The fraction of sp³-hybridized carbons (Fsp3) is 0.467. The standard InChI is InChI=1S/C15H20N4OS/c1-20-14-4-2-13(3-5-14)6-7-18-8-10-19(11-9-18)15-16-12-21-17-15/h2-5,12H,6-11H2,1H3. The number of benzene rings is 1. The van der Waals surface area contributed by atoms with Crippen LogP contribution in [0.5, 0.6) is 5.75 Å². The van der Waals surface area contributed by atoms with Crippen molar-refractivity contribution in [2.24, 2.45) is 0 Å². The van der Waals surface area contributed by atoms with Crippen LogP contribution in [0.15, 0.2) is 29.8 Å². The van der Waals surface area contributed by atoms with Crippen molar-refractivity contribution in [3.05, 3.63) is 35.3 Å². The van der Waals surface area contributed by atoms with Gasteiger partial charge in [0.2, 0.25) is 5.95 Å². The lowest BCUT2D eigenvalue weighted by Gasteiger charge is -2.34. The molecule has 6 heteroatoms. The number of aromatic nitrogens is 2. The first-order chi connectivity index (χ1) is 10.3. The number of hydrogen-bond acceptors (Lipinski definition) is 6. The molecule has 112 valence electrons. The predicted octanol–water partition coefficient (Wildman–Crippen LogP) is 1.91. The second kappa shape index (κ2) is 6.87. The van der Waals surface area contributed by atoms with Gasteiger partial charge in [0, 0.05) is 32.7 Å². The Kier molecular flexibility index (Phi) is 4.67. The van der Waals surface area contributed by atoms with Gasteiger partial charge in [-0.3, -0.25) is 4.90 Å². The second-order valence-electron chi connectivity index (χ2n) is 5.16. The minimum absolute atomic E-state index is 0.884. The van der Waals surface area contributed by atoms with E-state index in [9.17, 15) is 0 Å². The molecular formula is C15H20N4OS. The van der Waals surface area contributed by atoms with Crippen LogP contribution in [0.25, 0.3) is 0 Å². The Labute approximate surface area is 129 Å². The van der Waals surface area contributed by atoms with E-state index in [1.54, 1.807) is 12.6 Å². The highest BCUT2D eigenvalue weighted by Crippen LogP contribution is 2.14. The molecule has 1 aromatic heterocycles. The summed E-state index contributed by atoms with van der Waals surface area (Å²) in [4.78, 5) is 9.05. The van der Waals surface area contributed by atoms with Crippen LogP contribution in [0, 0.1) is 0 Å². The maximum atomic E-state index is 5.18. The van der Waals surface area contributed by atoms with Crippen molar-refractivity contribution in [2.75, 3.05) is 44.7 Å². The fourth-order valence-electron chi connectivity index (χ4n) is 2.56. The molecule has 1 aliphatic rings. The molecule has 1 aromatic carbocycles. The van der Waals surface area contributed by atoms with Crippen LogP contribution in [-0.2, 0) is 6.42 Å². The van der Waals surface area contributed by atoms with Crippen molar-refractivity contribution in [1.82, 2.24) is 14.3 Å². The minimum atomic E-state index is 0.884. The van der Waals surface area contributed by atoms with E-state index >= 15 is 0 Å². The molecule has 3 rings (SSSR count). The Morgan fingerprint density at radius 1 is 1.14 bits per heavy atom. The van der Waals surface area contributed by atoms with Gasteiger partial charge in [0.05, 0.1) is 7.11 Å². The van der Waals surface area contributed by atoms with E-state index in [0.717, 1.165) is 50.8 Å². The number of ether oxygens (including phenoxy) is 1. The molecule has 0 N–H and O–H groups in total. The minimum Gasteiger partial charge on any atom is -0.497 e. The lowest BCUT2D eigenvalue weighted by atomic mass is 10.1. The molecule has 0 aliphatic carbocycles. The van der Waals surface area contributed by atoms with Crippen molar-refractivity contribution in [2.45, 2.75) is 6.42 Å². The van der Waals surface area contributed by atoms with Crippen LogP contribution >= 0.6 is 11.5 Å². The SMILES string of the molecule is COc1ccc(CCN2CCN(c3ncsn3)CC2)cc1. The number of methoxy groups -OCH3 is 1. The van der Waals surface area contributed by atoms with Crippen LogP contribution in [0.1, 0.15) is 5.56 Å². The average molecular weight is 304 g/mol. The summed E-state index contributed by atoms with van der Waals surface area (Å²) < 4.78 is 9.48. The van der Waals surface area contributed by atoms with Crippen molar-refractivity contribution in [3.63, 3.8) is 0 Å². The molecule has 1 fully saturated rings. The fourth-order valence-corrected chi connectivity index (χ4v) is 3.00. The van der Waals surface area contributed by atoms with Gasteiger partial charge in [-0.05, 0) is 35.6 Å². The molecular weight excluding hydrogens is 284 g/mol. The van der Waals surface area contributed by atoms with E-state index in [1.165, 1.54) is 17.1 Å². The zero-order chi connectivity index (χ0) is 14.5. The molecule has 1 saturated heterocycles. The van der Waals surface area contributed by atoms with Crippen LogP contribution < -0.4 is 9.64 Å². The molecule has 0 unspecified atom stereocenters. The summed E-state index contributed by atoms with van der Waals surface area (Å²) >= 11 is 1.42. The monoisotopic (exact) mass is 304 g/mol. The average Bonchev–Trinajstić information content (AvgIpc) is 3.08. The summed E-state index contributed by atoms with van der Waals surface area (Å²) in [7, 11) is 1.70. The molecule has 0 radical (unpaired) electrons. The lowest BCUT2D eigenvalue weighted by Crippen LogP contribution is -2.47. The normalized spacial score (nSPS) is 16.1. The Balaban J connectivity index is 1.44. The molecule has 5 nitrogen and oxygen atoms in total. The van der Waals surface area contributed by atoms with E-state index in [1.807, 2.05) is 12.1 Å². The van der Waals surface area contributed by atoms with Crippen molar-refractivity contribution in [1.29, 1.82) is 0 Å². The van der Waals surface area contributed by atoms with E-state index in [2.05, 4.69) is 31.3 Å². The maximum absolute atomic E-state index is 5.18. The quantitative estimate of drug-likeness (QED) is 0.844. The number of anilines is 1. The van der Waals surface area contributed by atoms with Crippen LogP contribution in [0.2, 0.25) is 0 Å². The van der Waals surface area contributed by atoms with Gasteiger partial charge in [-0.15, -0.1) is 0 Å². The van der Waals surface area contributed by atoms with E-state index < -0.39 is 0 Å². The summed E-state index contributed by atoms with van der Waals surface area (Å²) in [5.41, 5.74) is 3.16. The molecule has 21 heavy (non-hydrogen) atoms. The van der Waals surface area contributed by atoms with Crippen LogP contribution in [0.3, 0.4) is 0 Å². The molecule has 0 atom stereocenters. The van der Waals surface area contributed by atoms with Crippen molar-refractivity contribution in [3.8, 4) is 5.75 Å². The molecule has 0 spiro atoms. The highest BCUT2D eigenvalue weighted by Gasteiger charge is 2.18. The highest BCUT2D eigenvalue weighted by atomic mass is 32.1. The third kappa shape index (κ3) is 3.71. The van der Waals surface area contributed by atoms with Crippen molar-refractivity contribution >= 4 is 17.5 Å². The maximum Gasteiger partial charge on any atom is 0.237 e. The van der Waals surface area contributed by atoms with E-state index in [0.29, 0.717) is 0 Å². The number of rotatable bonds is 5. The van der Waals surface area contributed by atoms with Crippen molar-refractivity contribution < 1.29 is 4.74 Å². The first-order valence-electron chi connectivity index (χ1n) is 7.22. The van der Waals surface area contributed by atoms with Gasteiger partial charge in [-0.2, -0.15) is 4.37 Å². The first-order valence-corrected chi connectivity index (χ1v) is 8.05. The molecule has 2 heterocycles. The van der Waals surface area contributed by atoms with Gasteiger partial charge in [0.25, 0.3) is 0 Å². The summed E-state index contributed by atoms with van der Waals surface area (Å²) in [6.07, 6.45) is 1.08. The summed E-state index contributed by atoms with van der Waals surface area (Å²) in [6.45, 7) is 5.29. The molecule has 0 saturated carbocycles. The smallest absolute Gasteiger partial charge is 0.237 e. The number of nitrogens with zero attached hydrogens (tertiary/aromatic N) is 4. The third-order valence-electron chi connectivity index (χ3n) is 3.88. The number of piperazine rings is 1. The second-order valence-corrected chi connectivity index (χ2v) is 5.76. The summed E-state index contributed by atoms with van der Waals surface area (Å²) in [5.74, 6) is 1.80. The Hall–Kier alpha value is -1.66. The molecule has 1 aliphatic heterocycles. The highest BCUT2D eigenvalue weighted by molar-refractivity contribution is 7.03. The van der Waals surface area contributed by atoms with Gasteiger partial charge in [0.1, 0.15) is 11.3 Å². The Morgan fingerprint density at radius 2 is 1.90 bits per heavy atom. The summed E-state index contributed by atoms with van der Waals surface area (Å²) in [5, 5.41) is 0. The van der Waals surface area contributed by atoms with Gasteiger partial charge < -0.3 is 9.64 Å². The van der Waals surface area contributed by atoms with E-state index in [4.69, 9.17) is 4.74 Å². The third-order valence-corrected chi connectivity index (χ3v) is 4.35. The van der Waals surface area contributed by atoms with Crippen LogP contribution in [-0.4, -0.2) is 54.1 Å². The lowest BCUT2D eigenvalue weighted by molar-refractivity contribution is 0.260. The predicted molar refractivity (Wildman–Crippen MR) is 85.3 cm³/mol. The largest absolute Gasteiger partial charge is 0.497 e. The summed E-state index contributed by atoms with van der Waals surface area (Å²) in [6, 6.07) is 8.35. The molecule has 0 bridgehead atoms. The van der Waals surface area contributed by atoms with Gasteiger partial charge in [0.15, 0.2) is 0 Å². The molecule has 0 amide bonds. The van der Waals surface area contributed by atoms with Gasteiger partial charge in [-0.25, -0.2) is 4.98 Å². The zero-order valence-electron chi connectivity index (χ0n) is 12.2. The zero-order valence-corrected chi connectivity index (χ0v) is 13.1.